The maximum absolute atomic E-state index is 13.6. The van der Waals surface area contributed by atoms with E-state index >= 15 is 0 Å². The van der Waals surface area contributed by atoms with E-state index in [4.69, 9.17) is 11.6 Å². The van der Waals surface area contributed by atoms with Gasteiger partial charge in [-0.2, -0.15) is 4.98 Å². The summed E-state index contributed by atoms with van der Waals surface area (Å²) in [6.45, 7) is 0. The van der Waals surface area contributed by atoms with Gasteiger partial charge in [-0.1, -0.05) is 17.7 Å². The summed E-state index contributed by atoms with van der Waals surface area (Å²) in [5.41, 5.74) is 0.181. The second-order valence-electron chi connectivity index (χ2n) is 3.36. The highest BCUT2D eigenvalue weighted by Gasteiger charge is 2.10. The van der Waals surface area contributed by atoms with E-state index in [1.807, 2.05) is 0 Å². The van der Waals surface area contributed by atoms with E-state index in [1.165, 1.54) is 12.1 Å². The Balaban J connectivity index is 2.39. The van der Waals surface area contributed by atoms with E-state index < -0.39 is 5.82 Å². The Hall–Kier alpha value is -1.40. The highest BCUT2D eigenvalue weighted by molar-refractivity contribution is 9.10. The Morgan fingerprint density at radius 3 is 2.83 bits per heavy atom. The van der Waals surface area contributed by atoms with Crippen LogP contribution < -0.4 is 10.6 Å². The molecule has 1 aromatic heterocycles. The molecule has 0 aliphatic rings. The first-order valence-electron chi connectivity index (χ1n) is 5.03. The number of para-hydroxylation sites is 1. The van der Waals surface area contributed by atoms with Crippen molar-refractivity contribution >= 4 is 45.0 Å². The number of hydrogen-bond donors (Lipinski definition) is 2. The fraction of sp³-hybridized carbons (Fsp3) is 0.0909. The van der Waals surface area contributed by atoms with Crippen molar-refractivity contribution < 1.29 is 4.39 Å². The molecule has 0 fully saturated rings. The topological polar surface area (TPSA) is 49.8 Å². The number of hydrogen-bond acceptors (Lipinski definition) is 4. The lowest BCUT2D eigenvalue weighted by atomic mass is 10.3. The zero-order chi connectivity index (χ0) is 13.1. The number of nitrogens with one attached hydrogen (secondary N) is 2. The predicted octanol–water partition coefficient (Wildman–Crippen LogP) is 3.82. The number of nitrogens with zero attached hydrogens (tertiary/aromatic N) is 2. The Kier molecular flexibility index (Phi) is 3.98. The van der Waals surface area contributed by atoms with E-state index in [9.17, 15) is 4.39 Å². The lowest BCUT2D eigenvalue weighted by molar-refractivity contribution is 0.632. The number of halogens is 3. The van der Waals surface area contributed by atoms with E-state index in [1.54, 1.807) is 19.3 Å². The van der Waals surface area contributed by atoms with Crippen LogP contribution >= 0.6 is 27.5 Å². The Labute approximate surface area is 117 Å². The number of anilines is 3. The normalized spacial score (nSPS) is 10.2. The van der Waals surface area contributed by atoms with Gasteiger partial charge in [0, 0.05) is 13.2 Å². The van der Waals surface area contributed by atoms with E-state index in [2.05, 4.69) is 36.5 Å². The van der Waals surface area contributed by atoms with Gasteiger partial charge >= 0.3 is 0 Å². The van der Waals surface area contributed by atoms with Crippen LogP contribution in [0.5, 0.6) is 0 Å². The van der Waals surface area contributed by atoms with Gasteiger partial charge in [-0.15, -0.1) is 0 Å². The molecule has 0 aliphatic heterocycles. The maximum atomic E-state index is 13.6. The van der Waals surface area contributed by atoms with Crippen molar-refractivity contribution in [1.82, 2.24) is 9.97 Å². The molecule has 94 valence electrons. The summed E-state index contributed by atoms with van der Waals surface area (Å²) < 4.78 is 14.2. The predicted molar refractivity (Wildman–Crippen MR) is 74.0 cm³/mol. The standard InChI is InChI=1S/C11H9BrClFN4/c1-15-11-16-5-6(12)10(18-11)17-9-7(13)3-2-4-8(9)14/h2-5H,1H3,(H2,15,16,17,18). The molecule has 0 saturated heterocycles. The fourth-order valence-corrected chi connectivity index (χ4v) is 1.81. The van der Waals surface area contributed by atoms with Gasteiger partial charge in [0.05, 0.1) is 15.2 Å². The van der Waals surface area contributed by atoms with E-state index in [0.29, 0.717) is 16.2 Å². The van der Waals surface area contributed by atoms with Crippen LogP contribution in [0, 0.1) is 5.82 Å². The van der Waals surface area contributed by atoms with Crippen molar-refractivity contribution in [1.29, 1.82) is 0 Å². The number of benzene rings is 1. The third-order valence-corrected chi connectivity index (χ3v) is 3.07. The molecule has 0 spiro atoms. The minimum atomic E-state index is -0.445. The van der Waals surface area contributed by atoms with Gasteiger partial charge in [0.1, 0.15) is 5.82 Å². The van der Waals surface area contributed by atoms with Crippen molar-refractivity contribution in [3.63, 3.8) is 0 Å². The Morgan fingerprint density at radius 1 is 1.39 bits per heavy atom. The molecule has 0 atom stereocenters. The largest absolute Gasteiger partial charge is 0.357 e. The first-order chi connectivity index (χ1) is 8.61. The second-order valence-corrected chi connectivity index (χ2v) is 4.62. The van der Waals surface area contributed by atoms with Crippen molar-refractivity contribution in [3.8, 4) is 0 Å². The molecule has 18 heavy (non-hydrogen) atoms. The van der Waals surface area contributed by atoms with Crippen LogP contribution in [0.2, 0.25) is 5.02 Å². The van der Waals surface area contributed by atoms with Gasteiger partial charge in [-0.3, -0.25) is 0 Å². The molecular weight excluding hydrogens is 323 g/mol. The highest BCUT2D eigenvalue weighted by Crippen LogP contribution is 2.30. The first kappa shape index (κ1) is 13.0. The monoisotopic (exact) mass is 330 g/mol. The Morgan fingerprint density at radius 2 is 2.17 bits per heavy atom. The Bertz CT molecular complexity index is 559. The number of rotatable bonds is 3. The third kappa shape index (κ3) is 2.70. The zero-order valence-electron chi connectivity index (χ0n) is 9.34. The molecule has 0 aliphatic carbocycles. The van der Waals surface area contributed by atoms with Crippen molar-refractivity contribution in [2.45, 2.75) is 0 Å². The molecule has 0 radical (unpaired) electrons. The number of aromatic nitrogens is 2. The molecular formula is C11H9BrClFN4. The molecule has 2 rings (SSSR count). The van der Waals surface area contributed by atoms with Crippen LogP contribution in [0.4, 0.5) is 21.8 Å². The average Bonchev–Trinajstić information content (AvgIpc) is 2.36. The van der Waals surface area contributed by atoms with Crippen LogP contribution in [0.1, 0.15) is 0 Å². The first-order valence-corrected chi connectivity index (χ1v) is 6.20. The summed E-state index contributed by atoms with van der Waals surface area (Å²) in [6, 6.07) is 4.46. The smallest absolute Gasteiger partial charge is 0.224 e. The highest BCUT2D eigenvalue weighted by atomic mass is 79.9. The summed E-state index contributed by atoms with van der Waals surface area (Å²) in [6.07, 6.45) is 1.57. The average molecular weight is 332 g/mol. The van der Waals surface area contributed by atoms with Crippen LogP contribution in [0.15, 0.2) is 28.9 Å². The fourth-order valence-electron chi connectivity index (χ4n) is 1.31. The van der Waals surface area contributed by atoms with Crippen molar-refractivity contribution in [2.75, 3.05) is 17.7 Å². The van der Waals surface area contributed by atoms with Crippen LogP contribution in [0.25, 0.3) is 0 Å². The van der Waals surface area contributed by atoms with Gasteiger partial charge in [0.2, 0.25) is 5.95 Å². The van der Waals surface area contributed by atoms with E-state index in [-0.39, 0.29) is 10.7 Å². The molecule has 0 bridgehead atoms. The summed E-state index contributed by atoms with van der Waals surface area (Å²) in [5.74, 6) is 0.411. The summed E-state index contributed by atoms with van der Waals surface area (Å²) in [7, 11) is 1.70. The van der Waals surface area contributed by atoms with Gasteiger partial charge in [-0.25, -0.2) is 9.37 Å². The minimum Gasteiger partial charge on any atom is -0.357 e. The van der Waals surface area contributed by atoms with Crippen LogP contribution in [-0.2, 0) is 0 Å². The third-order valence-electron chi connectivity index (χ3n) is 2.17. The van der Waals surface area contributed by atoms with Gasteiger partial charge in [0.15, 0.2) is 5.82 Å². The van der Waals surface area contributed by atoms with Gasteiger partial charge < -0.3 is 10.6 Å². The zero-order valence-corrected chi connectivity index (χ0v) is 11.7. The molecule has 2 aromatic rings. The van der Waals surface area contributed by atoms with Gasteiger partial charge in [0.25, 0.3) is 0 Å². The maximum Gasteiger partial charge on any atom is 0.224 e. The molecule has 2 N–H and O–H groups in total. The van der Waals surface area contributed by atoms with Crippen LogP contribution in [-0.4, -0.2) is 17.0 Å². The van der Waals surface area contributed by atoms with E-state index in [0.717, 1.165) is 0 Å². The lowest BCUT2D eigenvalue weighted by Gasteiger charge is -2.10. The van der Waals surface area contributed by atoms with Crippen LogP contribution in [0.3, 0.4) is 0 Å². The molecule has 1 heterocycles. The molecule has 0 saturated carbocycles. The van der Waals surface area contributed by atoms with Gasteiger partial charge in [-0.05, 0) is 28.1 Å². The lowest BCUT2D eigenvalue weighted by Crippen LogP contribution is -2.02. The second kappa shape index (κ2) is 5.49. The van der Waals surface area contributed by atoms with Crippen molar-refractivity contribution in [3.05, 3.63) is 39.7 Å². The minimum absolute atomic E-state index is 0.181. The summed E-state index contributed by atoms with van der Waals surface area (Å²) in [4.78, 5) is 8.17. The summed E-state index contributed by atoms with van der Waals surface area (Å²) in [5, 5.41) is 5.92. The molecule has 1 aromatic carbocycles. The quantitative estimate of drug-likeness (QED) is 0.898. The SMILES string of the molecule is CNc1ncc(Br)c(Nc2c(F)cccc2Cl)n1. The molecule has 0 unspecified atom stereocenters. The summed E-state index contributed by atoms with van der Waals surface area (Å²) >= 11 is 9.21. The molecule has 0 amide bonds. The molecule has 4 nitrogen and oxygen atoms in total. The molecule has 7 heteroatoms. The van der Waals surface area contributed by atoms with Crippen molar-refractivity contribution in [2.24, 2.45) is 0 Å².